The molecule has 1 aromatic heterocycles. The summed E-state index contributed by atoms with van der Waals surface area (Å²) in [6.45, 7) is 0. The number of halogens is 3. The van der Waals surface area contributed by atoms with Crippen LogP contribution < -0.4 is 11.1 Å². The van der Waals surface area contributed by atoms with Crippen molar-refractivity contribution in [2.75, 3.05) is 5.32 Å². The molecule has 1 aliphatic rings. The zero-order valence-corrected chi connectivity index (χ0v) is 15.7. The maximum Gasteiger partial charge on any atom is 0.170 e. The lowest BCUT2D eigenvalue weighted by atomic mass is 9.91. The fraction of sp³-hybridized carbons (Fsp3) is 0.286. The van der Waals surface area contributed by atoms with Crippen LogP contribution in [0.5, 0.6) is 5.75 Å². The van der Waals surface area contributed by atoms with Gasteiger partial charge in [0.25, 0.3) is 0 Å². The Balaban J connectivity index is 1.76. The summed E-state index contributed by atoms with van der Waals surface area (Å²) in [5, 5.41) is 13.5. The Kier molecular flexibility index (Phi) is 5.08. The van der Waals surface area contributed by atoms with E-state index in [1.807, 2.05) is 0 Å². The van der Waals surface area contributed by atoms with E-state index < -0.39 is 17.4 Å². The van der Waals surface area contributed by atoms with Crippen LogP contribution in [0.4, 0.5) is 14.5 Å². The van der Waals surface area contributed by atoms with Crippen molar-refractivity contribution in [1.82, 2.24) is 4.98 Å². The lowest BCUT2D eigenvalue weighted by Gasteiger charge is -2.28. The summed E-state index contributed by atoms with van der Waals surface area (Å²) in [7, 11) is 0. The van der Waals surface area contributed by atoms with E-state index in [0.29, 0.717) is 10.9 Å². The summed E-state index contributed by atoms with van der Waals surface area (Å²) in [5.74, 6) is -2.11. The summed E-state index contributed by atoms with van der Waals surface area (Å²) in [5.41, 5.74) is 7.57. The van der Waals surface area contributed by atoms with Crippen molar-refractivity contribution < 1.29 is 13.9 Å². The summed E-state index contributed by atoms with van der Waals surface area (Å²) < 4.78 is 28.6. The van der Waals surface area contributed by atoms with E-state index in [9.17, 15) is 13.9 Å². The van der Waals surface area contributed by atoms with Crippen molar-refractivity contribution in [3.63, 3.8) is 0 Å². The number of anilines is 1. The molecule has 0 atom stereocenters. The first-order valence-corrected chi connectivity index (χ1v) is 9.50. The van der Waals surface area contributed by atoms with Gasteiger partial charge in [-0.05, 0) is 49.4 Å². The molecule has 28 heavy (non-hydrogen) atoms. The molecule has 4 nitrogen and oxygen atoms in total. The average Bonchev–Trinajstić information content (AvgIpc) is 2.67. The molecular formula is C21H19ClF2N3O. The van der Waals surface area contributed by atoms with Crippen molar-refractivity contribution in [1.29, 1.82) is 0 Å². The van der Waals surface area contributed by atoms with E-state index >= 15 is 0 Å². The van der Waals surface area contributed by atoms with Gasteiger partial charge in [0, 0.05) is 41.4 Å². The fourth-order valence-electron chi connectivity index (χ4n) is 3.64. The van der Waals surface area contributed by atoms with E-state index in [2.05, 4.69) is 16.4 Å². The van der Waals surface area contributed by atoms with Gasteiger partial charge in [0.05, 0.1) is 16.2 Å². The second-order valence-electron chi connectivity index (χ2n) is 7.17. The van der Waals surface area contributed by atoms with Crippen LogP contribution in [0.1, 0.15) is 25.7 Å². The Morgan fingerprint density at radius 2 is 1.86 bits per heavy atom. The van der Waals surface area contributed by atoms with Gasteiger partial charge in [0.15, 0.2) is 11.6 Å². The number of hydrogen-bond acceptors (Lipinski definition) is 4. The van der Waals surface area contributed by atoms with Gasteiger partial charge in [-0.15, -0.1) is 0 Å². The number of phenols is 1. The standard InChI is InChI=1S/C21H19ClF2N3O/c22-16-7-11(8-18(24)21(16)28)14-9-15-19(5-6-26-20(15)10-17(14)23)27-13-3-1-12(25)2-4-13/h6-10,12-13,28H,1-4,25H2,(H,26,27). The average molecular weight is 403 g/mol. The van der Waals surface area contributed by atoms with Crippen molar-refractivity contribution in [3.05, 3.63) is 53.2 Å². The molecule has 1 radical (unpaired) electrons. The molecule has 0 saturated heterocycles. The van der Waals surface area contributed by atoms with Gasteiger partial charge in [-0.2, -0.15) is 0 Å². The van der Waals surface area contributed by atoms with Crippen molar-refractivity contribution in [3.8, 4) is 16.9 Å². The minimum absolute atomic E-state index is 0.170. The lowest BCUT2D eigenvalue weighted by Crippen LogP contribution is -2.32. The molecule has 0 spiro atoms. The third kappa shape index (κ3) is 3.62. The molecule has 1 fully saturated rings. The van der Waals surface area contributed by atoms with Gasteiger partial charge in [0.1, 0.15) is 5.82 Å². The SMILES string of the molecule is NC1CCC(Nc2[c]cnc3cc(F)c(-c4cc(F)c(O)c(Cl)c4)cc23)CC1. The first-order chi connectivity index (χ1) is 13.4. The summed E-state index contributed by atoms with van der Waals surface area (Å²) >= 11 is 5.86. The number of fused-ring (bicyclic) bond motifs is 1. The number of hydrogen-bond donors (Lipinski definition) is 3. The topological polar surface area (TPSA) is 71.2 Å². The van der Waals surface area contributed by atoms with Gasteiger partial charge >= 0.3 is 0 Å². The summed E-state index contributed by atoms with van der Waals surface area (Å²) in [6, 6.07) is 8.88. The first-order valence-electron chi connectivity index (χ1n) is 9.13. The Morgan fingerprint density at radius 1 is 1.11 bits per heavy atom. The highest BCUT2D eigenvalue weighted by Gasteiger charge is 2.20. The second kappa shape index (κ2) is 7.53. The van der Waals surface area contributed by atoms with Crippen LogP contribution in [0.15, 0.2) is 30.5 Å². The second-order valence-corrected chi connectivity index (χ2v) is 7.58. The van der Waals surface area contributed by atoms with Gasteiger partial charge in [-0.1, -0.05) is 11.6 Å². The highest BCUT2D eigenvalue weighted by molar-refractivity contribution is 6.32. The smallest absolute Gasteiger partial charge is 0.170 e. The van der Waals surface area contributed by atoms with E-state index in [4.69, 9.17) is 17.3 Å². The van der Waals surface area contributed by atoms with E-state index in [-0.39, 0.29) is 28.2 Å². The first kappa shape index (κ1) is 18.9. The van der Waals surface area contributed by atoms with Crippen molar-refractivity contribution in [2.45, 2.75) is 37.8 Å². The largest absolute Gasteiger partial charge is 0.504 e. The molecule has 0 unspecified atom stereocenters. The molecule has 0 aliphatic heterocycles. The van der Waals surface area contributed by atoms with Gasteiger partial charge in [0.2, 0.25) is 0 Å². The molecule has 4 N–H and O–H groups in total. The van der Waals surface area contributed by atoms with Crippen LogP contribution >= 0.6 is 11.6 Å². The predicted octanol–water partition coefficient (Wildman–Crippen LogP) is 5.02. The Hall–Kier alpha value is -2.44. The highest BCUT2D eigenvalue weighted by atomic mass is 35.5. The third-order valence-corrected chi connectivity index (χ3v) is 5.50. The fourth-order valence-corrected chi connectivity index (χ4v) is 3.85. The normalized spacial score (nSPS) is 19.7. The van der Waals surface area contributed by atoms with E-state index in [1.165, 1.54) is 18.3 Å². The molecule has 1 saturated carbocycles. The van der Waals surface area contributed by atoms with Crippen LogP contribution in [0.2, 0.25) is 5.02 Å². The van der Waals surface area contributed by atoms with E-state index in [0.717, 1.165) is 37.4 Å². The number of aromatic nitrogens is 1. The molecule has 7 heteroatoms. The molecule has 1 aliphatic carbocycles. The van der Waals surface area contributed by atoms with Crippen LogP contribution in [0, 0.1) is 17.7 Å². The Morgan fingerprint density at radius 3 is 2.57 bits per heavy atom. The van der Waals surface area contributed by atoms with Gasteiger partial charge < -0.3 is 16.2 Å². The number of phenolic OH excluding ortho intramolecular Hbond substituents is 1. The molecule has 4 rings (SSSR count). The number of aromatic hydroxyl groups is 1. The number of pyridine rings is 1. The Labute approximate surface area is 166 Å². The highest BCUT2D eigenvalue weighted by Crippen LogP contribution is 2.36. The predicted molar refractivity (Wildman–Crippen MR) is 106 cm³/mol. The molecule has 145 valence electrons. The van der Waals surface area contributed by atoms with Crippen LogP contribution in [0.25, 0.3) is 22.0 Å². The van der Waals surface area contributed by atoms with Crippen LogP contribution in [-0.4, -0.2) is 22.2 Å². The molecule has 0 amide bonds. The minimum Gasteiger partial charge on any atom is -0.504 e. The number of nitrogens with two attached hydrogens (primary N) is 1. The van der Waals surface area contributed by atoms with Crippen molar-refractivity contribution in [2.24, 2.45) is 5.73 Å². The number of benzene rings is 2. The lowest BCUT2D eigenvalue weighted by molar-refractivity contribution is 0.411. The molecular weight excluding hydrogens is 384 g/mol. The number of nitrogens with zero attached hydrogens (tertiary/aromatic N) is 1. The molecule has 0 bridgehead atoms. The quantitative estimate of drug-likeness (QED) is 0.575. The number of rotatable bonds is 3. The maximum absolute atomic E-state index is 14.7. The summed E-state index contributed by atoms with van der Waals surface area (Å²) in [4.78, 5) is 4.20. The number of nitrogens with one attached hydrogen (secondary N) is 1. The van der Waals surface area contributed by atoms with Gasteiger partial charge in [-0.25, -0.2) is 8.78 Å². The van der Waals surface area contributed by atoms with Crippen molar-refractivity contribution >= 4 is 28.2 Å². The zero-order valence-electron chi connectivity index (χ0n) is 15.0. The molecule has 2 aromatic carbocycles. The van der Waals surface area contributed by atoms with Gasteiger partial charge in [-0.3, -0.25) is 4.98 Å². The zero-order chi connectivity index (χ0) is 19.8. The van der Waals surface area contributed by atoms with E-state index in [1.54, 1.807) is 6.07 Å². The third-order valence-electron chi connectivity index (χ3n) is 5.22. The van der Waals surface area contributed by atoms with Crippen LogP contribution in [0.3, 0.4) is 0 Å². The minimum atomic E-state index is -0.906. The molecule has 3 aromatic rings. The maximum atomic E-state index is 14.7. The molecule has 1 heterocycles. The Bertz CT molecular complexity index is 1010. The van der Waals surface area contributed by atoms with Crippen LogP contribution in [-0.2, 0) is 0 Å². The summed E-state index contributed by atoms with van der Waals surface area (Å²) in [6.07, 6.45) is 5.31. The monoisotopic (exact) mass is 402 g/mol.